The predicted molar refractivity (Wildman–Crippen MR) is 74.8 cm³/mol. The van der Waals surface area contributed by atoms with Crippen LogP contribution in [0.2, 0.25) is 0 Å². The van der Waals surface area contributed by atoms with Gasteiger partial charge in [0.05, 0.1) is 25.9 Å². The first-order chi connectivity index (χ1) is 8.44. The minimum absolute atomic E-state index is 0.170. The Morgan fingerprint density at radius 2 is 2.17 bits per heavy atom. The molecule has 18 heavy (non-hydrogen) atoms. The zero-order valence-electron chi connectivity index (χ0n) is 12.4. The van der Waals surface area contributed by atoms with Crippen molar-refractivity contribution in [3.8, 4) is 0 Å². The Bertz CT molecular complexity index is 232. The maximum absolute atomic E-state index is 9.37. The van der Waals surface area contributed by atoms with Crippen LogP contribution in [0.15, 0.2) is 0 Å². The number of ether oxygens (including phenoxy) is 1. The molecule has 1 heterocycles. The minimum Gasteiger partial charge on any atom is -0.395 e. The highest BCUT2D eigenvalue weighted by Gasteiger charge is 2.28. The third kappa shape index (κ3) is 5.65. The molecule has 0 amide bonds. The molecule has 1 aliphatic rings. The Kier molecular flexibility index (Phi) is 6.57. The summed E-state index contributed by atoms with van der Waals surface area (Å²) in [7, 11) is 0. The van der Waals surface area contributed by atoms with Gasteiger partial charge in [0.2, 0.25) is 0 Å². The minimum atomic E-state index is 0.170. The van der Waals surface area contributed by atoms with Gasteiger partial charge in [0, 0.05) is 19.6 Å². The summed E-state index contributed by atoms with van der Waals surface area (Å²) in [5.74, 6) is 0.689. The molecule has 108 valence electrons. The lowest BCUT2D eigenvalue weighted by Gasteiger charge is -2.39. The van der Waals surface area contributed by atoms with Gasteiger partial charge < -0.3 is 15.2 Å². The fourth-order valence-electron chi connectivity index (χ4n) is 2.37. The van der Waals surface area contributed by atoms with E-state index < -0.39 is 0 Å². The summed E-state index contributed by atoms with van der Waals surface area (Å²) in [4.78, 5) is 2.36. The lowest BCUT2D eigenvalue weighted by molar-refractivity contribution is -0.0407. The van der Waals surface area contributed by atoms with Gasteiger partial charge in [-0.05, 0) is 17.9 Å². The van der Waals surface area contributed by atoms with Crippen molar-refractivity contribution < 1.29 is 9.84 Å². The van der Waals surface area contributed by atoms with Gasteiger partial charge in [-0.1, -0.05) is 27.7 Å². The number of nitrogens with one attached hydrogen (secondary N) is 1. The summed E-state index contributed by atoms with van der Waals surface area (Å²) in [6.45, 7) is 14.7. The van der Waals surface area contributed by atoms with E-state index in [-0.39, 0.29) is 18.1 Å². The number of aliphatic hydroxyl groups is 1. The zero-order chi connectivity index (χ0) is 13.6. The van der Waals surface area contributed by atoms with Gasteiger partial charge in [-0.2, -0.15) is 0 Å². The Labute approximate surface area is 112 Å². The molecule has 0 spiro atoms. The van der Waals surface area contributed by atoms with Crippen LogP contribution >= 0.6 is 0 Å². The van der Waals surface area contributed by atoms with E-state index in [4.69, 9.17) is 4.74 Å². The Hall–Kier alpha value is -0.160. The molecule has 0 radical (unpaired) electrons. The summed E-state index contributed by atoms with van der Waals surface area (Å²) in [6.07, 6.45) is 0. The molecule has 0 aliphatic carbocycles. The Balaban J connectivity index is 2.37. The van der Waals surface area contributed by atoms with E-state index in [1.54, 1.807) is 0 Å². The van der Waals surface area contributed by atoms with Gasteiger partial charge >= 0.3 is 0 Å². The van der Waals surface area contributed by atoms with Crippen molar-refractivity contribution in [3.63, 3.8) is 0 Å². The van der Waals surface area contributed by atoms with Crippen LogP contribution in [0.5, 0.6) is 0 Å². The van der Waals surface area contributed by atoms with Crippen molar-refractivity contribution >= 4 is 0 Å². The molecule has 1 saturated heterocycles. The normalized spacial score (nSPS) is 22.7. The summed E-state index contributed by atoms with van der Waals surface area (Å²) < 4.78 is 5.41. The third-order valence-corrected chi connectivity index (χ3v) is 3.35. The average Bonchev–Trinajstić information content (AvgIpc) is 2.28. The van der Waals surface area contributed by atoms with Crippen molar-refractivity contribution in [2.75, 3.05) is 46.0 Å². The van der Waals surface area contributed by atoms with Gasteiger partial charge in [0.25, 0.3) is 0 Å². The van der Waals surface area contributed by atoms with Crippen LogP contribution in [-0.2, 0) is 4.74 Å². The molecule has 0 bridgehead atoms. The van der Waals surface area contributed by atoms with Crippen LogP contribution in [0.4, 0.5) is 0 Å². The highest BCUT2D eigenvalue weighted by molar-refractivity contribution is 4.82. The quantitative estimate of drug-likeness (QED) is 0.714. The second-order valence-electron chi connectivity index (χ2n) is 6.57. The van der Waals surface area contributed by atoms with Crippen molar-refractivity contribution in [1.29, 1.82) is 0 Å². The topological polar surface area (TPSA) is 44.7 Å². The molecule has 2 N–H and O–H groups in total. The lowest BCUT2D eigenvalue weighted by atomic mass is 9.91. The molecular weight excluding hydrogens is 228 g/mol. The van der Waals surface area contributed by atoms with Gasteiger partial charge in [-0.15, -0.1) is 0 Å². The van der Waals surface area contributed by atoms with Crippen molar-refractivity contribution in [2.24, 2.45) is 11.3 Å². The number of morpholine rings is 1. The SMILES string of the molecule is CC(C)CNCC(C)(C)CN1CCOCC1CO. The molecule has 0 saturated carbocycles. The van der Waals surface area contributed by atoms with E-state index in [0.29, 0.717) is 12.5 Å². The van der Waals surface area contributed by atoms with Gasteiger partial charge in [-0.3, -0.25) is 4.90 Å². The van der Waals surface area contributed by atoms with Crippen molar-refractivity contribution in [2.45, 2.75) is 33.7 Å². The fourth-order valence-corrected chi connectivity index (χ4v) is 2.37. The van der Waals surface area contributed by atoms with E-state index in [2.05, 4.69) is 37.9 Å². The van der Waals surface area contributed by atoms with Crippen LogP contribution in [0.3, 0.4) is 0 Å². The molecular formula is C14H30N2O2. The van der Waals surface area contributed by atoms with E-state index in [0.717, 1.165) is 32.8 Å². The lowest BCUT2D eigenvalue weighted by Crippen LogP contribution is -2.52. The maximum Gasteiger partial charge on any atom is 0.0644 e. The average molecular weight is 258 g/mol. The van der Waals surface area contributed by atoms with E-state index in [1.165, 1.54) is 0 Å². The van der Waals surface area contributed by atoms with Crippen LogP contribution in [-0.4, -0.2) is 62.0 Å². The predicted octanol–water partition coefficient (Wildman–Crippen LogP) is 0.951. The molecule has 0 aromatic rings. The highest BCUT2D eigenvalue weighted by Crippen LogP contribution is 2.19. The molecule has 1 atom stereocenters. The molecule has 1 rings (SSSR count). The van der Waals surface area contributed by atoms with Gasteiger partial charge in [0.1, 0.15) is 0 Å². The molecule has 1 aliphatic heterocycles. The Morgan fingerprint density at radius 1 is 1.44 bits per heavy atom. The first kappa shape index (κ1) is 15.9. The second kappa shape index (κ2) is 7.43. The van der Waals surface area contributed by atoms with Crippen LogP contribution in [0.25, 0.3) is 0 Å². The van der Waals surface area contributed by atoms with Crippen LogP contribution in [0.1, 0.15) is 27.7 Å². The first-order valence-electron chi connectivity index (χ1n) is 7.08. The number of hydrogen-bond acceptors (Lipinski definition) is 4. The summed E-state index contributed by atoms with van der Waals surface area (Å²) >= 11 is 0. The van der Waals surface area contributed by atoms with E-state index in [9.17, 15) is 5.11 Å². The van der Waals surface area contributed by atoms with Gasteiger partial charge in [0.15, 0.2) is 0 Å². The Morgan fingerprint density at radius 3 is 2.78 bits per heavy atom. The molecule has 4 nitrogen and oxygen atoms in total. The van der Waals surface area contributed by atoms with Gasteiger partial charge in [-0.25, -0.2) is 0 Å². The standard InChI is InChI=1S/C14H30N2O2/c1-12(2)7-15-10-14(3,4)11-16-5-6-18-9-13(16)8-17/h12-13,15,17H,5-11H2,1-4H3. The van der Waals surface area contributed by atoms with Crippen molar-refractivity contribution in [3.05, 3.63) is 0 Å². The zero-order valence-corrected chi connectivity index (χ0v) is 12.4. The largest absolute Gasteiger partial charge is 0.395 e. The smallest absolute Gasteiger partial charge is 0.0644 e. The summed E-state index contributed by atoms with van der Waals surface area (Å²) in [5, 5.41) is 12.9. The molecule has 1 unspecified atom stereocenters. The molecule has 1 fully saturated rings. The third-order valence-electron chi connectivity index (χ3n) is 3.35. The molecule has 0 aromatic heterocycles. The number of hydrogen-bond donors (Lipinski definition) is 2. The summed E-state index contributed by atoms with van der Waals surface area (Å²) in [6, 6.07) is 0.170. The summed E-state index contributed by atoms with van der Waals surface area (Å²) in [5.41, 5.74) is 0.222. The van der Waals surface area contributed by atoms with E-state index >= 15 is 0 Å². The van der Waals surface area contributed by atoms with Crippen LogP contribution in [0, 0.1) is 11.3 Å². The molecule has 4 heteroatoms. The second-order valence-corrected chi connectivity index (χ2v) is 6.57. The first-order valence-corrected chi connectivity index (χ1v) is 7.08. The van der Waals surface area contributed by atoms with E-state index in [1.807, 2.05) is 0 Å². The number of nitrogens with zero attached hydrogens (tertiary/aromatic N) is 1. The molecule has 0 aromatic carbocycles. The maximum atomic E-state index is 9.37. The number of rotatable bonds is 7. The van der Waals surface area contributed by atoms with Crippen molar-refractivity contribution in [1.82, 2.24) is 10.2 Å². The van der Waals surface area contributed by atoms with Crippen LogP contribution < -0.4 is 5.32 Å². The fraction of sp³-hybridized carbons (Fsp3) is 1.00. The monoisotopic (exact) mass is 258 g/mol. The number of aliphatic hydroxyl groups excluding tert-OH is 1. The highest BCUT2D eigenvalue weighted by atomic mass is 16.5.